The third kappa shape index (κ3) is 5.67. The molecule has 0 unspecified atom stereocenters. The number of carbonyl (C=O) groups excluding carboxylic acids is 1. The lowest BCUT2D eigenvalue weighted by Crippen LogP contribution is -2.41. The van der Waals surface area contributed by atoms with Gasteiger partial charge < -0.3 is 9.73 Å². The zero-order valence-electron chi connectivity index (χ0n) is 17.3. The maximum Gasteiger partial charge on any atom is 0.235 e. The number of hydrogen-bond donors (Lipinski definition) is 1. The van der Waals surface area contributed by atoms with E-state index in [0.29, 0.717) is 29.9 Å². The van der Waals surface area contributed by atoms with Crippen LogP contribution in [-0.2, 0) is 20.4 Å². The minimum absolute atomic E-state index is 0.293. The fourth-order valence-corrected chi connectivity index (χ4v) is 4.95. The fraction of sp³-hybridized carbons (Fsp3) is 0.524. The Labute approximate surface area is 172 Å². The van der Waals surface area contributed by atoms with Gasteiger partial charge in [-0.1, -0.05) is 24.6 Å². The van der Waals surface area contributed by atoms with Crippen LogP contribution in [0, 0.1) is 13.8 Å². The van der Waals surface area contributed by atoms with Crippen molar-refractivity contribution < 1.29 is 17.6 Å². The highest BCUT2D eigenvalue weighted by molar-refractivity contribution is 7.91. The maximum absolute atomic E-state index is 12.5. The maximum atomic E-state index is 12.5. The van der Waals surface area contributed by atoms with E-state index in [2.05, 4.69) is 22.1 Å². The number of sulfone groups is 1. The first-order chi connectivity index (χ1) is 13.8. The standard InChI is InChI=1S/C21H29N3O4S/c1-4-24-11-5-6-18(24)12-22-20(25)14-29(26,27)13-19-16(3)28-21(23-19)17-9-7-15(2)8-10-17/h7-10,18H,4-6,11-14H2,1-3H3,(H,22,25)/t18-/m0/s1. The van der Waals surface area contributed by atoms with Gasteiger partial charge in [0.25, 0.3) is 0 Å². The predicted molar refractivity (Wildman–Crippen MR) is 112 cm³/mol. The van der Waals surface area contributed by atoms with Gasteiger partial charge >= 0.3 is 0 Å². The van der Waals surface area contributed by atoms with Gasteiger partial charge in [-0.25, -0.2) is 13.4 Å². The normalized spacial score (nSPS) is 17.6. The molecule has 1 aliphatic rings. The van der Waals surface area contributed by atoms with Crippen LogP contribution in [0.1, 0.15) is 36.8 Å². The van der Waals surface area contributed by atoms with Crippen LogP contribution < -0.4 is 5.32 Å². The van der Waals surface area contributed by atoms with E-state index in [9.17, 15) is 13.2 Å². The Hall–Kier alpha value is -2.19. The van der Waals surface area contributed by atoms with Crippen molar-refractivity contribution in [1.29, 1.82) is 0 Å². The van der Waals surface area contributed by atoms with Crippen LogP contribution in [0.2, 0.25) is 0 Å². The average molecular weight is 420 g/mol. The number of benzene rings is 1. The number of likely N-dealkylation sites (tertiary alicyclic amines) is 1. The van der Waals surface area contributed by atoms with Crippen LogP contribution >= 0.6 is 0 Å². The van der Waals surface area contributed by atoms with E-state index in [4.69, 9.17) is 4.42 Å². The Kier molecular flexibility index (Phi) is 6.74. The summed E-state index contributed by atoms with van der Waals surface area (Å²) in [5, 5.41) is 2.78. The van der Waals surface area contributed by atoms with Gasteiger partial charge in [0.15, 0.2) is 9.84 Å². The summed E-state index contributed by atoms with van der Waals surface area (Å²) < 4.78 is 30.7. The SMILES string of the molecule is CCN1CCC[C@H]1CNC(=O)CS(=O)(=O)Cc1nc(-c2ccc(C)cc2)oc1C. The van der Waals surface area contributed by atoms with E-state index in [1.54, 1.807) is 6.92 Å². The summed E-state index contributed by atoms with van der Waals surface area (Å²) in [5.74, 6) is -0.482. The molecule has 29 heavy (non-hydrogen) atoms. The second kappa shape index (κ2) is 9.09. The summed E-state index contributed by atoms with van der Waals surface area (Å²) >= 11 is 0. The number of aromatic nitrogens is 1. The highest BCUT2D eigenvalue weighted by Crippen LogP contribution is 2.23. The lowest BCUT2D eigenvalue weighted by Gasteiger charge is -2.22. The summed E-state index contributed by atoms with van der Waals surface area (Å²) in [6, 6.07) is 7.95. The smallest absolute Gasteiger partial charge is 0.235 e. The summed E-state index contributed by atoms with van der Waals surface area (Å²) in [7, 11) is -3.64. The van der Waals surface area contributed by atoms with Gasteiger partial charge in [-0.15, -0.1) is 0 Å². The number of nitrogens with one attached hydrogen (secondary N) is 1. The largest absolute Gasteiger partial charge is 0.441 e. The Bertz CT molecular complexity index is 951. The number of nitrogens with zero attached hydrogens (tertiary/aromatic N) is 2. The summed E-state index contributed by atoms with van der Waals surface area (Å²) in [6.07, 6.45) is 2.14. The Morgan fingerprint density at radius 1 is 1.28 bits per heavy atom. The van der Waals surface area contributed by atoms with Crippen LogP contribution in [0.4, 0.5) is 0 Å². The van der Waals surface area contributed by atoms with E-state index in [1.807, 2.05) is 31.2 Å². The van der Waals surface area contributed by atoms with Gasteiger partial charge in [-0.3, -0.25) is 9.69 Å². The summed E-state index contributed by atoms with van der Waals surface area (Å²) in [4.78, 5) is 18.8. The highest BCUT2D eigenvalue weighted by atomic mass is 32.2. The highest BCUT2D eigenvalue weighted by Gasteiger charge is 2.25. The average Bonchev–Trinajstić information content (AvgIpc) is 3.26. The molecule has 1 aromatic carbocycles. The van der Waals surface area contributed by atoms with Gasteiger partial charge in [0.2, 0.25) is 11.8 Å². The van der Waals surface area contributed by atoms with E-state index in [1.165, 1.54) is 0 Å². The fourth-order valence-electron chi connectivity index (χ4n) is 3.67. The number of carbonyl (C=O) groups is 1. The van der Waals surface area contributed by atoms with Crippen molar-refractivity contribution in [3.8, 4) is 11.5 Å². The third-order valence-electron chi connectivity index (χ3n) is 5.34. The van der Waals surface area contributed by atoms with Crippen LogP contribution in [-0.4, -0.2) is 55.6 Å². The molecule has 1 aliphatic heterocycles. The minimum Gasteiger partial charge on any atom is -0.441 e. The molecule has 1 saturated heterocycles. The van der Waals surface area contributed by atoms with Crippen molar-refractivity contribution >= 4 is 15.7 Å². The molecule has 0 saturated carbocycles. The number of oxazole rings is 1. The molecule has 2 heterocycles. The molecule has 1 atom stereocenters. The quantitative estimate of drug-likeness (QED) is 0.707. The molecule has 158 valence electrons. The molecule has 1 fully saturated rings. The number of aryl methyl sites for hydroxylation is 2. The van der Waals surface area contributed by atoms with Crippen LogP contribution in [0.3, 0.4) is 0 Å². The molecule has 1 amide bonds. The van der Waals surface area contributed by atoms with E-state index in [-0.39, 0.29) is 5.75 Å². The predicted octanol–water partition coefficient (Wildman–Crippen LogP) is 2.47. The molecule has 3 rings (SSSR count). The van der Waals surface area contributed by atoms with Gasteiger partial charge in [0.1, 0.15) is 11.5 Å². The monoisotopic (exact) mass is 419 g/mol. The number of amides is 1. The van der Waals surface area contributed by atoms with E-state index >= 15 is 0 Å². The lowest BCUT2D eigenvalue weighted by molar-refractivity contribution is -0.118. The number of rotatable bonds is 8. The molecule has 0 aliphatic carbocycles. The zero-order chi connectivity index (χ0) is 21.0. The molecule has 0 radical (unpaired) electrons. The molecule has 0 spiro atoms. The zero-order valence-corrected chi connectivity index (χ0v) is 18.1. The van der Waals surface area contributed by atoms with Crippen molar-refractivity contribution in [2.24, 2.45) is 0 Å². The van der Waals surface area contributed by atoms with Crippen LogP contribution in [0.5, 0.6) is 0 Å². The van der Waals surface area contributed by atoms with Crippen molar-refractivity contribution in [3.05, 3.63) is 41.3 Å². The van der Waals surface area contributed by atoms with Gasteiger partial charge in [0.05, 0.1) is 11.4 Å². The Balaban J connectivity index is 1.59. The second-order valence-electron chi connectivity index (χ2n) is 7.65. The Morgan fingerprint density at radius 3 is 2.69 bits per heavy atom. The van der Waals surface area contributed by atoms with Crippen LogP contribution in [0.15, 0.2) is 28.7 Å². The van der Waals surface area contributed by atoms with Crippen molar-refractivity contribution in [2.75, 3.05) is 25.4 Å². The Morgan fingerprint density at radius 2 is 2.00 bits per heavy atom. The lowest BCUT2D eigenvalue weighted by atomic mass is 10.1. The molecular formula is C21H29N3O4S. The molecule has 1 aromatic heterocycles. The topological polar surface area (TPSA) is 92.5 Å². The molecule has 2 aromatic rings. The van der Waals surface area contributed by atoms with Crippen molar-refractivity contribution in [1.82, 2.24) is 15.2 Å². The van der Waals surface area contributed by atoms with Crippen LogP contribution in [0.25, 0.3) is 11.5 Å². The van der Waals surface area contributed by atoms with Gasteiger partial charge in [0, 0.05) is 18.2 Å². The first-order valence-electron chi connectivity index (χ1n) is 10.0. The molecule has 1 N–H and O–H groups in total. The molecular weight excluding hydrogens is 390 g/mol. The molecule has 0 bridgehead atoms. The first kappa shape index (κ1) is 21.5. The molecule has 7 nitrogen and oxygen atoms in total. The van der Waals surface area contributed by atoms with Crippen molar-refractivity contribution in [3.63, 3.8) is 0 Å². The summed E-state index contributed by atoms with van der Waals surface area (Å²) in [5.41, 5.74) is 2.25. The first-order valence-corrected chi connectivity index (χ1v) is 11.8. The summed E-state index contributed by atoms with van der Waals surface area (Å²) in [6.45, 7) is 8.23. The van der Waals surface area contributed by atoms with E-state index in [0.717, 1.165) is 37.1 Å². The second-order valence-corrected chi connectivity index (χ2v) is 9.71. The third-order valence-corrected chi connectivity index (χ3v) is 6.75. The molecule has 8 heteroatoms. The van der Waals surface area contributed by atoms with E-state index < -0.39 is 21.5 Å². The number of likely N-dealkylation sites (N-methyl/N-ethyl adjacent to an activating group) is 1. The van der Waals surface area contributed by atoms with Gasteiger partial charge in [-0.2, -0.15) is 0 Å². The minimum atomic E-state index is -3.64. The van der Waals surface area contributed by atoms with Gasteiger partial charge in [-0.05, 0) is 51.9 Å². The number of hydrogen-bond acceptors (Lipinski definition) is 6. The van der Waals surface area contributed by atoms with Crippen molar-refractivity contribution in [2.45, 2.75) is 45.4 Å².